The molecule has 0 unspecified atom stereocenters. The number of unbranched alkanes of at least 4 members (excludes halogenated alkanes) is 2. The van der Waals surface area contributed by atoms with Crippen molar-refractivity contribution < 1.29 is 17.6 Å². The molecule has 1 aromatic rings. The maximum absolute atomic E-state index is 14.2. The van der Waals surface area contributed by atoms with Crippen LogP contribution in [0, 0.1) is 23.3 Å². The molecule has 2 rings (SSSR count). The van der Waals surface area contributed by atoms with Gasteiger partial charge in [0.2, 0.25) is 0 Å². The monoisotopic (exact) mass is 330 g/mol. The van der Waals surface area contributed by atoms with Gasteiger partial charge in [0.05, 0.1) is 0 Å². The molecule has 1 aliphatic heterocycles. The summed E-state index contributed by atoms with van der Waals surface area (Å²) in [6, 6.07) is -0.395. The molecule has 1 aromatic carbocycles. The first kappa shape index (κ1) is 17.9. The van der Waals surface area contributed by atoms with E-state index in [1.54, 1.807) is 6.08 Å². The molecule has 6 heteroatoms. The Balaban J connectivity index is 2.30. The van der Waals surface area contributed by atoms with Crippen LogP contribution in [-0.2, 0) is 0 Å². The van der Waals surface area contributed by atoms with Crippen molar-refractivity contribution in [2.75, 3.05) is 26.2 Å². The van der Waals surface area contributed by atoms with Gasteiger partial charge in [-0.1, -0.05) is 12.5 Å². The summed E-state index contributed by atoms with van der Waals surface area (Å²) in [6.07, 6.45) is 4.56. The number of nitrogens with zero attached hydrogens (tertiary/aromatic N) is 1. The van der Waals surface area contributed by atoms with Gasteiger partial charge in [0, 0.05) is 43.9 Å². The molecule has 23 heavy (non-hydrogen) atoms. The minimum atomic E-state index is -1.34. The van der Waals surface area contributed by atoms with Gasteiger partial charge >= 0.3 is 0 Å². The standard InChI is InChI=1S/C17H22F4N2/c1-2-3-4-5-6-14(23-9-7-22-8-10-23)15-16(20)12(18)11-13(19)17(15)21/h2,11,14,22H,1,3-10H2/t14-/m1/s1. The van der Waals surface area contributed by atoms with Crippen molar-refractivity contribution in [3.05, 3.63) is 47.6 Å². The molecular formula is C17H22F4N2. The SMILES string of the molecule is C=CCCCC[C@H](c1c(F)c(F)cc(F)c1F)N1CCNCC1. The molecule has 1 atom stereocenters. The van der Waals surface area contributed by atoms with Gasteiger partial charge < -0.3 is 5.32 Å². The van der Waals surface area contributed by atoms with Crippen LogP contribution in [0.2, 0.25) is 0 Å². The molecule has 0 amide bonds. The van der Waals surface area contributed by atoms with Gasteiger partial charge in [-0.2, -0.15) is 0 Å². The van der Waals surface area contributed by atoms with Crippen LogP contribution in [0.15, 0.2) is 18.7 Å². The first-order valence-corrected chi connectivity index (χ1v) is 7.94. The second kappa shape index (κ2) is 8.45. The minimum absolute atomic E-state index is 0.265. The Morgan fingerprint density at radius 1 is 1.09 bits per heavy atom. The molecule has 1 fully saturated rings. The van der Waals surface area contributed by atoms with E-state index in [1.165, 1.54) is 0 Å². The highest BCUT2D eigenvalue weighted by molar-refractivity contribution is 5.26. The lowest BCUT2D eigenvalue weighted by atomic mass is 9.96. The number of piperazine rings is 1. The lowest BCUT2D eigenvalue weighted by Gasteiger charge is -2.35. The van der Waals surface area contributed by atoms with Crippen LogP contribution in [0.4, 0.5) is 17.6 Å². The molecule has 1 saturated heterocycles. The van der Waals surface area contributed by atoms with Crippen molar-refractivity contribution in [1.82, 2.24) is 10.2 Å². The Bertz CT molecular complexity index is 516. The van der Waals surface area contributed by atoms with Gasteiger partial charge in [0.15, 0.2) is 23.3 Å². The van der Waals surface area contributed by atoms with Crippen molar-refractivity contribution in [3.8, 4) is 0 Å². The van der Waals surface area contributed by atoms with Gasteiger partial charge in [-0.05, 0) is 19.3 Å². The van der Waals surface area contributed by atoms with E-state index in [0.717, 1.165) is 12.8 Å². The number of halogens is 4. The molecular weight excluding hydrogens is 308 g/mol. The Kier molecular flexibility index (Phi) is 6.59. The van der Waals surface area contributed by atoms with Gasteiger partial charge in [-0.3, -0.25) is 4.90 Å². The highest BCUT2D eigenvalue weighted by atomic mass is 19.2. The predicted octanol–water partition coefficient (Wildman–Crippen LogP) is 3.94. The highest BCUT2D eigenvalue weighted by Gasteiger charge is 2.30. The minimum Gasteiger partial charge on any atom is -0.314 e. The van der Waals surface area contributed by atoms with E-state index in [9.17, 15) is 17.6 Å². The summed E-state index contributed by atoms with van der Waals surface area (Å²) in [5.41, 5.74) is -0.483. The van der Waals surface area contributed by atoms with E-state index in [1.807, 2.05) is 4.90 Å². The van der Waals surface area contributed by atoms with Crippen LogP contribution in [0.5, 0.6) is 0 Å². The Morgan fingerprint density at radius 3 is 2.26 bits per heavy atom. The smallest absolute Gasteiger partial charge is 0.166 e. The third-order valence-electron chi connectivity index (χ3n) is 4.21. The van der Waals surface area contributed by atoms with Crippen LogP contribution >= 0.6 is 0 Å². The summed E-state index contributed by atoms with van der Waals surface area (Å²) in [6.45, 7) is 6.18. The zero-order chi connectivity index (χ0) is 16.8. The van der Waals surface area contributed by atoms with Crippen molar-refractivity contribution in [2.45, 2.75) is 31.7 Å². The Hall–Kier alpha value is -1.40. The summed E-state index contributed by atoms with van der Waals surface area (Å²) in [5.74, 6) is -5.25. The van der Waals surface area contributed by atoms with Gasteiger partial charge in [0.25, 0.3) is 0 Å². The second-order valence-electron chi connectivity index (χ2n) is 5.76. The quantitative estimate of drug-likeness (QED) is 0.353. The normalized spacial score (nSPS) is 17.2. The van der Waals surface area contributed by atoms with Crippen molar-refractivity contribution in [2.24, 2.45) is 0 Å². The zero-order valence-corrected chi connectivity index (χ0v) is 13.1. The van der Waals surface area contributed by atoms with Crippen LogP contribution < -0.4 is 5.32 Å². The first-order chi connectivity index (χ1) is 11.1. The van der Waals surface area contributed by atoms with Crippen molar-refractivity contribution in [3.63, 3.8) is 0 Å². The summed E-state index contributed by atoms with van der Waals surface area (Å²) in [7, 11) is 0. The summed E-state index contributed by atoms with van der Waals surface area (Å²) in [4.78, 5) is 1.89. The maximum Gasteiger partial charge on any atom is 0.166 e. The van der Waals surface area contributed by atoms with E-state index in [2.05, 4.69) is 11.9 Å². The lowest BCUT2D eigenvalue weighted by molar-refractivity contribution is 0.154. The van der Waals surface area contributed by atoms with Gasteiger partial charge in [-0.15, -0.1) is 6.58 Å². The Morgan fingerprint density at radius 2 is 1.70 bits per heavy atom. The van der Waals surface area contributed by atoms with E-state index in [4.69, 9.17) is 0 Å². The number of rotatable bonds is 7. The third kappa shape index (κ3) is 4.32. The van der Waals surface area contributed by atoms with E-state index in [0.29, 0.717) is 39.0 Å². The molecule has 0 aliphatic carbocycles. The number of hydrogen-bond donors (Lipinski definition) is 1. The predicted molar refractivity (Wildman–Crippen MR) is 82.1 cm³/mol. The fourth-order valence-electron chi connectivity index (χ4n) is 3.01. The molecule has 1 N–H and O–H groups in total. The summed E-state index contributed by atoms with van der Waals surface area (Å²) >= 11 is 0. The van der Waals surface area contributed by atoms with Crippen LogP contribution in [-0.4, -0.2) is 31.1 Å². The topological polar surface area (TPSA) is 15.3 Å². The molecule has 0 aromatic heterocycles. The average molecular weight is 330 g/mol. The van der Waals surface area contributed by atoms with E-state index in [-0.39, 0.29) is 6.07 Å². The molecule has 128 valence electrons. The molecule has 0 spiro atoms. The molecule has 1 heterocycles. The molecule has 0 bridgehead atoms. The largest absolute Gasteiger partial charge is 0.314 e. The second-order valence-corrected chi connectivity index (χ2v) is 5.76. The van der Waals surface area contributed by atoms with Crippen LogP contribution in [0.25, 0.3) is 0 Å². The average Bonchev–Trinajstić information content (AvgIpc) is 2.56. The molecule has 0 saturated carbocycles. The van der Waals surface area contributed by atoms with Gasteiger partial charge in [-0.25, -0.2) is 17.6 Å². The first-order valence-electron chi connectivity index (χ1n) is 7.94. The summed E-state index contributed by atoms with van der Waals surface area (Å²) < 4.78 is 55.5. The molecule has 0 radical (unpaired) electrons. The van der Waals surface area contributed by atoms with Gasteiger partial charge in [0.1, 0.15) is 0 Å². The van der Waals surface area contributed by atoms with E-state index < -0.39 is 34.9 Å². The van der Waals surface area contributed by atoms with Crippen molar-refractivity contribution >= 4 is 0 Å². The third-order valence-corrected chi connectivity index (χ3v) is 4.21. The fourth-order valence-corrected chi connectivity index (χ4v) is 3.01. The Labute approximate surface area is 134 Å². The lowest BCUT2D eigenvalue weighted by Crippen LogP contribution is -2.45. The number of nitrogens with one attached hydrogen (secondary N) is 1. The number of hydrogen-bond acceptors (Lipinski definition) is 2. The van der Waals surface area contributed by atoms with Crippen LogP contribution in [0.3, 0.4) is 0 Å². The zero-order valence-electron chi connectivity index (χ0n) is 13.1. The molecule has 2 nitrogen and oxygen atoms in total. The highest BCUT2D eigenvalue weighted by Crippen LogP contribution is 2.33. The maximum atomic E-state index is 14.2. The van der Waals surface area contributed by atoms with Crippen molar-refractivity contribution in [1.29, 1.82) is 0 Å². The number of benzene rings is 1. The molecule has 1 aliphatic rings. The van der Waals surface area contributed by atoms with E-state index >= 15 is 0 Å². The fraction of sp³-hybridized carbons (Fsp3) is 0.529. The summed E-state index contributed by atoms with van der Waals surface area (Å²) in [5, 5.41) is 3.16. The van der Waals surface area contributed by atoms with Crippen LogP contribution in [0.1, 0.15) is 37.3 Å². The number of allylic oxidation sites excluding steroid dienone is 1.